The average molecular weight is 273 g/mol. The molecule has 0 atom stereocenters. The maximum Gasteiger partial charge on any atom is 0.316 e. The maximum atomic E-state index is 11.8. The van der Waals surface area contributed by atoms with Crippen LogP contribution in [0.5, 0.6) is 0 Å². The number of anilines is 1. The summed E-state index contributed by atoms with van der Waals surface area (Å²) >= 11 is 0. The molecule has 2 amide bonds. The lowest BCUT2D eigenvalue weighted by molar-refractivity contribution is -0.138. The van der Waals surface area contributed by atoms with Crippen LogP contribution in [-0.4, -0.2) is 24.9 Å². The van der Waals surface area contributed by atoms with Crippen molar-refractivity contribution in [2.45, 2.75) is 31.2 Å². The number of piperazine rings is 1. The molecule has 1 aromatic carbocycles. The van der Waals surface area contributed by atoms with Crippen LogP contribution in [-0.2, 0) is 15.1 Å². The predicted octanol–water partition coefficient (Wildman–Crippen LogP) is 0.877. The molecule has 0 bridgehead atoms. The fourth-order valence-corrected chi connectivity index (χ4v) is 3.10. The van der Waals surface area contributed by atoms with Crippen LogP contribution in [0.2, 0.25) is 0 Å². The highest BCUT2D eigenvalue weighted by atomic mass is 16.2. The zero-order valence-corrected chi connectivity index (χ0v) is 11.4. The second kappa shape index (κ2) is 4.90. The van der Waals surface area contributed by atoms with E-state index in [-0.39, 0.29) is 5.54 Å². The van der Waals surface area contributed by atoms with Crippen LogP contribution in [0.15, 0.2) is 24.3 Å². The van der Waals surface area contributed by atoms with E-state index >= 15 is 0 Å². The van der Waals surface area contributed by atoms with Crippen molar-refractivity contribution < 1.29 is 9.59 Å². The molecule has 20 heavy (non-hydrogen) atoms. The van der Waals surface area contributed by atoms with E-state index in [0.29, 0.717) is 13.1 Å². The number of carbonyl (C=O) groups is 2. The summed E-state index contributed by atoms with van der Waals surface area (Å²) in [4.78, 5) is 24.7. The van der Waals surface area contributed by atoms with Crippen LogP contribution >= 0.6 is 0 Å². The molecule has 2 aliphatic rings. The van der Waals surface area contributed by atoms with Gasteiger partial charge in [0.2, 0.25) is 0 Å². The minimum absolute atomic E-state index is 0.220. The van der Waals surface area contributed by atoms with Crippen molar-refractivity contribution in [1.82, 2.24) is 5.32 Å². The highest BCUT2D eigenvalue weighted by Gasteiger charge is 2.32. The van der Waals surface area contributed by atoms with Crippen molar-refractivity contribution in [3.63, 3.8) is 0 Å². The monoisotopic (exact) mass is 273 g/mol. The van der Waals surface area contributed by atoms with Gasteiger partial charge in [-0.05, 0) is 30.5 Å². The van der Waals surface area contributed by atoms with Gasteiger partial charge in [-0.15, -0.1) is 0 Å². The first-order chi connectivity index (χ1) is 9.60. The molecular formula is C15H19N3O2. The number of rotatable bonds is 2. The number of amides is 2. The smallest absolute Gasteiger partial charge is 0.316 e. The maximum absolute atomic E-state index is 11.8. The van der Waals surface area contributed by atoms with E-state index in [1.807, 2.05) is 24.3 Å². The molecule has 0 spiro atoms. The Morgan fingerprint density at radius 3 is 2.40 bits per heavy atom. The van der Waals surface area contributed by atoms with E-state index in [0.717, 1.165) is 24.1 Å². The Labute approximate surface area is 118 Å². The summed E-state index contributed by atoms with van der Waals surface area (Å²) in [6.45, 7) is 1.00. The molecule has 1 aliphatic heterocycles. The first-order valence-electron chi connectivity index (χ1n) is 7.09. The fourth-order valence-electron chi connectivity index (χ4n) is 3.10. The van der Waals surface area contributed by atoms with Crippen LogP contribution in [0.25, 0.3) is 0 Å². The fraction of sp³-hybridized carbons (Fsp3) is 0.467. The van der Waals surface area contributed by atoms with E-state index in [4.69, 9.17) is 5.73 Å². The SMILES string of the molecule is NC1(c2ccc(N3CCNC(=O)C3=O)cc2)CCCC1. The highest BCUT2D eigenvalue weighted by molar-refractivity contribution is 6.41. The molecule has 5 nitrogen and oxygen atoms in total. The third-order valence-electron chi connectivity index (χ3n) is 4.31. The van der Waals surface area contributed by atoms with Crippen molar-refractivity contribution >= 4 is 17.5 Å². The summed E-state index contributed by atoms with van der Waals surface area (Å²) in [6, 6.07) is 7.75. The third-order valence-corrected chi connectivity index (χ3v) is 4.31. The number of hydrogen-bond donors (Lipinski definition) is 2. The van der Waals surface area contributed by atoms with Gasteiger partial charge in [0.15, 0.2) is 0 Å². The van der Waals surface area contributed by atoms with Crippen molar-refractivity contribution in [2.24, 2.45) is 5.73 Å². The molecule has 1 saturated carbocycles. The highest BCUT2D eigenvalue weighted by Crippen LogP contribution is 2.36. The topological polar surface area (TPSA) is 75.4 Å². The van der Waals surface area contributed by atoms with Gasteiger partial charge in [0.05, 0.1) is 0 Å². The Kier molecular flexibility index (Phi) is 3.22. The molecule has 1 heterocycles. The second-order valence-corrected chi connectivity index (χ2v) is 5.62. The molecule has 5 heteroatoms. The van der Waals surface area contributed by atoms with Gasteiger partial charge in [-0.25, -0.2) is 0 Å². The van der Waals surface area contributed by atoms with Gasteiger partial charge >= 0.3 is 11.8 Å². The van der Waals surface area contributed by atoms with Gasteiger partial charge in [-0.2, -0.15) is 0 Å². The summed E-state index contributed by atoms with van der Waals surface area (Å²) in [6.07, 6.45) is 4.36. The molecule has 1 saturated heterocycles. The molecule has 3 N–H and O–H groups in total. The first-order valence-corrected chi connectivity index (χ1v) is 7.09. The molecule has 0 aromatic heterocycles. The minimum Gasteiger partial charge on any atom is -0.346 e. The molecule has 3 rings (SSSR count). The lowest BCUT2D eigenvalue weighted by atomic mass is 9.89. The standard InChI is InChI=1S/C15H19N3O2/c16-15(7-1-2-8-15)11-3-5-12(6-4-11)18-10-9-17-13(19)14(18)20/h3-6H,1-2,7-10,16H2,(H,17,19). The Hall–Kier alpha value is -1.88. The van der Waals surface area contributed by atoms with E-state index in [9.17, 15) is 9.59 Å². The molecule has 1 aliphatic carbocycles. The Balaban J connectivity index is 1.82. The predicted molar refractivity (Wildman–Crippen MR) is 76.1 cm³/mol. The van der Waals surface area contributed by atoms with Gasteiger partial charge in [-0.1, -0.05) is 25.0 Å². The Morgan fingerprint density at radius 2 is 1.75 bits per heavy atom. The number of nitrogens with one attached hydrogen (secondary N) is 1. The molecule has 0 radical (unpaired) electrons. The van der Waals surface area contributed by atoms with E-state index in [2.05, 4.69) is 5.32 Å². The quantitative estimate of drug-likeness (QED) is 0.785. The summed E-state index contributed by atoms with van der Waals surface area (Å²) in [5.74, 6) is -1.03. The van der Waals surface area contributed by atoms with Crippen LogP contribution in [0.3, 0.4) is 0 Å². The van der Waals surface area contributed by atoms with Crippen LogP contribution < -0.4 is 16.0 Å². The molecular weight excluding hydrogens is 254 g/mol. The Morgan fingerprint density at radius 1 is 1.10 bits per heavy atom. The Bertz CT molecular complexity index is 533. The molecule has 0 unspecified atom stereocenters. The van der Waals surface area contributed by atoms with Crippen LogP contribution in [0.1, 0.15) is 31.2 Å². The minimum atomic E-state index is -0.536. The number of nitrogens with two attached hydrogens (primary N) is 1. The molecule has 1 aromatic rings. The van der Waals surface area contributed by atoms with Crippen molar-refractivity contribution in [3.05, 3.63) is 29.8 Å². The van der Waals surface area contributed by atoms with Gasteiger partial charge in [0, 0.05) is 24.3 Å². The number of hydrogen-bond acceptors (Lipinski definition) is 3. The third kappa shape index (κ3) is 2.18. The molecule has 2 fully saturated rings. The summed E-state index contributed by atoms with van der Waals surface area (Å²) < 4.78 is 0. The number of carbonyl (C=O) groups excluding carboxylic acids is 2. The van der Waals surface area contributed by atoms with Crippen molar-refractivity contribution in [3.8, 4) is 0 Å². The lowest BCUT2D eigenvalue weighted by Gasteiger charge is -2.28. The van der Waals surface area contributed by atoms with E-state index < -0.39 is 11.8 Å². The number of nitrogens with zero attached hydrogens (tertiary/aromatic N) is 1. The lowest BCUT2D eigenvalue weighted by Crippen LogP contribution is -2.52. The normalized spacial score (nSPS) is 21.9. The zero-order chi connectivity index (χ0) is 14.2. The largest absolute Gasteiger partial charge is 0.346 e. The number of benzene rings is 1. The van der Waals surface area contributed by atoms with Crippen molar-refractivity contribution in [1.29, 1.82) is 0 Å². The summed E-state index contributed by atoms with van der Waals surface area (Å²) in [5.41, 5.74) is 8.07. The second-order valence-electron chi connectivity index (χ2n) is 5.62. The average Bonchev–Trinajstić information content (AvgIpc) is 2.90. The van der Waals surface area contributed by atoms with Gasteiger partial charge in [-0.3, -0.25) is 9.59 Å². The van der Waals surface area contributed by atoms with Gasteiger partial charge in [0.25, 0.3) is 0 Å². The van der Waals surface area contributed by atoms with Gasteiger partial charge in [0.1, 0.15) is 0 Å². The first kappa shape index (κ1) is 13.1. The zero-order valence-electron chi connectivity index (χ0n) is 11.4. The van der Waals surface area contributed by atoms with Crippen LogP contribution in [0.4, 0.5) is 5.69 Å². The van der Waals surface area contributed by atoms with E-state index in [1.54, 1.807) is 0 Å². The van der Waals surface area contributed by atoms with Crippen molar-refractivity contribution in [2.75, 3.05) is 18.0 Å². The van der Waals surface area contributed by atoms with Crippen LogP contribution in [0, 0.1) is 0 Å². The summed E-state index contributed by atoms with van der Waals surface area (Å²) in [5, 5.41) is 2.54. The van der Waals surface area contributed by atoms with E-state index in [1.165, 1.54) is 17.7 Å². The molecule has 106 valence electrons. The summed E-state index contributed by atoms with van der Waals surface area (Å²) in [7, 11) is 0. The van der Waals surface area contributed by atoms with Gasteiger partial charge < -0.3 is 16.0 Å².